The Hall–Kier alpha value is -1.92. The molecule has 1 heterocycles. The molecule has 6 nitrogen and oxygen atoms in total. The third-order valence-electron chi connectivity index (χ3n) is 2.36. The van der Waals surface area contributed by atoms with Gasteiger partial charge in [-0.05, 0) is 23.7 Å². The van der Waals surface area contributed by atoms with Crippen molar-refractivity contribution in [2.45, 2.75) is 0 Å². The number of carbonyl (C=O) groups excluding carboxylic acids is 1. The molecule has 0 saturated carbocycles. The number of halogens is 1. The predicted molar refractivity (Wildman–Crippen MR) is 73.1 cm³/mol. The molecule has 0 saturated heterocycles. The smallest absolute Gasteiger partial charge is 0.243 e. The van der Waals surface area contributed by atoms with Gasteiger partial charge in [-0.15, -0.1) is 0 Å². The van der Waals surface area contributed by atoms with E-state index in [0.29, 0.717) is 19.0 Å². The number of ether oxygens (including phenoxy) is 1. The van der Waals surface area contributed by atoms with Crippen LogP contribution < -0.4 is 11.1 Å². The number of primary amides is 1. The largest absolute Gasteiger partial charge is 0.370 e. The monoisotopic (exact) mass is 280 g/mol. The highest BCUT2D eigenvalue weighted by atomic mass is 35.5. The van der Waals surface area contributed by atoms with Gasteiger partial charge in [0.25, 0.3) is 0 Å². The molecule has 0 aliphatic heterocycles. The second-order valence-corrected chi connectivity index (χ2v) is 4.14. The molecule has 1 aromatic carbocycles. The number of aromatic nitrogens is 2. The molecule has 19 heavy (non-hydrogen) atoms. The first-order valence-electron chi connectivity index (χ1n) is 5.69. The van der Waals surface area contributed by atoms with E-state index in [4.69, 9.17) is 22.1 Å². The Bertz CT molecular complexity index is 591. The first kappa shape index (κ1) is 13.5. The van der Waals surface area contributed by atoms with E-state index in [2.05, 4.69) is 15.3 Å². The highest BCUT2D eigenvalue weighted by Gasteiger charge is 2.05. The van der Waals surface area contributed by atoms with Crippen LogP contribution in [0.1, 0.15) is 0 Å². The Morgan fingerprint density at radius 2 is 2.16 bits per heavy atom. The summed E-state index contributed by atoms with van der Waals surface area (Å²) in [7, 11) is 0. The molecule has 0 atom stereocenters. The number of hydrogen-bond donors (Lipinski definition) is 2. The second kappa shape index (κ2) is 6.31. The minimum absolute atomic E-state index is 0.0903. The van der Waals surface area contributed by atoms with Gasteiger partial charge in [0.2, 0.25) is 11.2 Å². The fourth-order valence-corrected chi connectivity index (χ4v) is 1.77. The first-order valence-corrected chi connectivity index (χ1v) is 6.07. The summed E-state index contributed by atoms with van der Waals surface area (Å²) < 4.78 is 5.05. The van der Waals surface area contributed by atoms with Crippen molar-refractivity contribution in [2.75, 3.05) is 25.1 Å². The maximum atomic E-state index is 10.5. The molecule has 0 fully saturated rings. The van der Waals surface area contributed by atoms with Gasteiger partial charge < -0.3 is 15.8 Å². The third kappa shape index (κ3) is 3.77. The normalized spacial score (nSPS) is 10.6. The van der Waals surface area contributed by atoms with E-state index in [1.54, 1.807) is 0 Å². The second-order valence-electron chi connectivity index (χ2n) is 3.80. The highest BCUT2D eigenvalue weighted by molar-refractivity contribution is 6.28. The van der Waals surface area contributed by atoms with Gasteiger partial charge in [0, 0.05) is 11.9 Å². The lowest BCUT2D eigenvalue weighted by atomic mass is 10.2. The predicted octanol–water partition coefficient (Wildman–Crippen LogP) is 1.20. The zero-order valence-corrected chi connectivity index (χ0v) is 10.9. The number of benzene rings is 1. The van der Waals surface area contributed by atoms with Gasteiger partial charge in [-0.25, -0.2) is 9.97 Å². The van der Waals surface area contributed by atoms with Gasteiger partial charge in [0.1, 0.15) is 12.4 Å². The van der Waals surface area contributed by atoms with Gasteiger partial charge in [-0.3, -0.25) is 4.79 Å². The molecule has 0 bridgehead atoms. The molecule has 0 aliphatic carbocycles. The third-order valence-corrected chi connectivity index (χ3v) is 2.53. The Morgan fingerprint density at radius 3 is 2.95 bits per heavy atom. The first-order chi connectivity index (χ1) is 9.16. The average Bonchev–Trinajstić information content (AvgIpc) is 2.37. The van der Waals surface area contributed by atoms with Crippen molar-refractivity contribution in [1.29, 1.82) is 0 Å². The van der Waals surface area contributed by atoms with Crippen LogP contribution in [0.5, 0.6) is 0 Å². The van der Waals surface area contributed by atoms with Crippen molar-refractivity contribution in [3.05, 3.63) is 29.5 Å². The lowest BCUT2D eigenvalue weighted by molar-refractivity contribution is -0.122. The summed E-state index contributed by atoms with van der Waals surface area (Å²) in [5, 5.41) is 4.15. The summed E-state index contributed by atoms with van der Waals surface area (Å²) in [4.78, 5) is 18.7. The zero-order chi connectivity index (χ0) is 13.7. The van der Waals surface area contributed by atoms with E-state index in [-0.39, 0.29) is 11.9 Å². The van der Waals surface area contributed by atoms with E-state index >= 15 is 0 Å². The topological polar surface area (TPSA) is 90.1 Å². The average molecular weight is 281 g/mol. The van der Waals surface area contributed by atoms with Crippen LogP contribution in [0, 0.1) is 0 Å². The van der Waals surface area contributed by atoms with Crippen molar-refractivity contribution in [3.8, 4) is 0 Å². The van der Waals surface area contributed by atoms with Crippen molar-refractivity contribution in [2.24, 2.45) is 5.73 Å². The van der Waals surface area contributed by atoms with E-state index in [1.807, 2.05) is 24.3 Å². The summed E-state index contributed by atoms with van der Waals surface area (Å²) >= 11 is 5.85. The summed E-state index contributed by atoms with van der Waals surface area (Å²) in [6.45, 7) is 0.746. The molecule has 1 amide bonds. The van der Waals surface area contributed by atoms with E-state index in [0.717, 1.165) is 10.9 Å². The van der Waals surface area contributed by atoms with Gasteiger partial charge in [0.05, 0.1) is 12.1 Å². The van der Waals surface area contributed by atoms with Crippen LogP contribution >= 0.6 is 11.6 Å². The molecule has 7 heteroatoms. The molecule has 0 spiro atoms. The summed E-state index contributed by atoms with van der Waals surface area (Å²) in [6.07, 6.45) is 0. The number of rotatable bonds is 6. The maximum Gasteiger partial charge on any atom is 0.243 e. The Labute approximate surface area is 114 Å². The van der Waals surface area contributed by atoms with Crippen LogP contribution in [0.25, 0.3) is 10.9 Å². The number of amides is 1. The van der Waals surface area contributed by atoms with Gasteiger partial charge in [-0.1, -0.05) is 12.1 Å². The standard InChI is InChI=1S/C12H13ClN4O2/c13-12-16-9-4-2-1-3-8(9)11(17-12)15-5-6-19-7-10(14)18/h1-4H,5-7H2,(H2,14,18)(H,15,16,17). The van der Waals surface area contributed by atoms with E-state index < -0.39 is 5.91 Å². The van der Waals surface area contributed by atoms with Crippen LogP contribution in [0.15, 0.2) is 24.3 Å². The summed E-state index contributed by atoms with van der Waals surface area (Å²) in [5.41, 5.74) is 5.72. The van der Waals surface area contributed by atoms with E-state index in [9.17, 15) is 4.79 Å². The molecule has 2 rings (SSSR count). The minimum Gasteiger partial charge on any atom is -0.370 e. The number of para-hydroxylation sites is 1. The fourth-order valence-electron chi connectivity index (χ4n) is 1.60. The molecular formula is C12H13ClN4O2. The zero-order valence-electron chi connectivity index (χ0n) is 10.1. The van der Waals surface area contributed by atoms with Crippen molar-refractivity contribution in [1.82, 2.24) is 9.97 Å². The Kier molecular flexibility index (Phi) is 4.48. The van der Waals surface area contributed by atoms with Crippen LogP contribution in [-0.4, -0.2) is 35.6 Å². The molecule has 100 valence electrons. The fraction of sp³-hybridized carbons (Fsp3) is 0.250. The molecular weight excluding hydrogens is 268 g/mol. The molecule has 0 unspecified atom stereocenters. The summed E-state index contributed by atoms with van der Waals surface area (Å²) in [5.74, 6) is 0.147. The van der Waals surface area contributed by atoms with Crippen LogP contribution in [0.2, 0.25) is 5.28 Å². The van der Waals surface area contributed by atoms with Gasteiger partial charge >= 0.3 is 0 Å². The lowest BCUT2D eigenvalue weighted by Crippen LogP contribution is -2.20. The Balaban J connectivity index is 2.02. The van der Waals surface area contributed by atoms with Crippen LogP contribution in [0.3, 0.4) is 0 Å². The van der Waals surface area contributed by atoms with Crippen LogP contribution in [0.4, 0.5) is 5.82 Å². The van der Waals surface area contributed by atoms with Gasteiger partial charge in [0.15, 0.2) is 0 Å². The number of nitrogens with one attached hydrogen (secondary N) is 1. The molecule has 0 aliphatic rings. The molecule has 3 N–H and O–H groups in total. The number of nitrogens with two attached hydrogens (primary N) is 1. The van der Waals surface area contributed by atoms with Crippen molar-refractivity contribution < 1.29 is 9.53 Å². The Morgan fingerprint density at radius 1 is 1.37 bits per heavy atom. The maximum absolute atomic E-state index is 10.5. The summed E-state index contributed by atoms with van der Waals surface area (Å²) in [6, 6.07) is 7.54. The number of carbonyl (C=O) groups is 1. The minimum atomic E-state index is -0.490. The number of anilines is 1. The molecule has 2 aromatic rings. The van der Waals surface area contributed by atoms with Crippen LogP contribution in [-0.2, 0) is 9.53 Å². The highest BCUT2D eigenvalue weighted by Crippen LogP contribution is 2.21. The molecule has 0 radical (unpaired) electrons. The number of hydrogen-bond acceptors (Lipinski definition) is 5. The lowest BCUT2D eigenvalue weighted by Gasteiger charge is -2.08. The quantitative estimate of drug-likeness (QED) is 0.613. The number of fused-ring (bicyclic) bond motifs is 1. The number of nitrogens with zero attached hydrogens (tertiary/aromatic N) is 2. The van der Waals surface area contributed by atoms with Crippen molar-refractivity contribution >= 4 is 34.2 Å². The van der Waals surface area contributed by atoms with Gasteiger partial charge in [-0.2, -0.15) is 0 Å². The molecule has 1 aromatic heterocycles. The van der Waals surface area contributed by atoms with E-state index in [1.165, 1.54) is 0 Å². The van der Waals surface area contributed by atoms with Crippen molar-refractivity contribution in [3.63, 3.8) is 0 Å². The SMILES string of the molecule is NC(=O)COCCNc1nc(Cl)nc2ccccc12.